The van der Waals surface area contributed by atoms with Gasteiger partial charge >= 0.3 is 0 Å². The van der Waals surface area contributed by atoms with Gasteiger partial charge < -0.3 is 5.73 Å². The first-order valence-electron chi connectivity index (χ1n) is 7.62. The van der Waals surface area contributed by atoms with Crippen molar-refractivity contribution >= 4 is 0 Å². The molecule has 0 saturated heterocycles. The van der Waals surface area contributed by atoms with E-state index in [0.29, 0.717) is 12.5 Å². The number of nitrogens with two attached hydrogens (primary N) is 1. The highest BCUT2D eigenvalue weighted by atomic mass is 15.1. The lowest BCUT2D eigenvalue weighted by molar-refractivity contribution is 0.259. The minimum Gasteiger partial charge on any atom is -0.330 e. The summed E-state index contributed by atoms with van der Waals surface area (Å²) in [5.74, 6) is 0.371. The van der Waals surface area contributed by atoms with Crippen molar-refractivity contribution in [2.75, 3.05) is 19.6 Å². The van der Waals surface area contributed by atoms with Gasteiger partial charge in [0.25, 0.3) is 0 Å². The molecular weight excluding hydrogens is 258 g/mol. The number of rotatable bonds is 7. The number of hydrogen-bond donors (Lipinski definition) is 1. The Bertz CT molecular complexity index is 539. The standard InChI is InChI=1S/C18H25N3/c1-3-21(14-18-11-7-8-15(2)20-18)13-17(12-19)16-9-5-4-6-10-16/h4-11,17H,3,12-14,19H2,1-2H3. The predicted octanol–water partition coefficient (Wildman–Crippen LogP) is 2.95. The summed E-state index contributed by atoms with van der Waals surface area (Å²) in [5.41, 5.74) is 9.50. The monoisotopic (exact) mass is 283 g/mol. The van der Waals surface area contributed by atoms with Crippen LogP contribution >= 0.6 is 0 Å². The number of likely N-dealkylation sites (N-methyl/N-ethyl adjacent to an activating group) is 1. The van der Waals surface area contributed by atoms with E-state index in [1.54, 1.807) is 0 Å². The average Bonchev–Trinajstić information content (AvgIpc) is 2.52. The molecule has 0 aliphatic heterocycles. The lowest BCUT2D eigenvalue weighted by atomic mass is 9.98. The molecule has 0 saturated carbocycles. The van der Waals surface area contributed by atoms with Crippen LogP contribution in [0.3, 0.4) is 0 Å². The Morgan fingerprint density at radius 3 is 2.48 bits per heavy atom. The molecule has 1 aromatic heterocycles. The predicted molar refractivity (Wildman–Crippen MR) is 88.2 cm³/mol. The molecule has 0 fully saturated rings. The summed E-state index contributed by atoms with van der Waals surface area (Å²) in [5, 5.41) is 0. The third-order valence-corrected chi connectivity index (χ3v) is 3.81. The van der Waals surface area contributed by atoms with Gasteiger partial charge in [-0.25, -0.2) is 0 Å². The maximum absolute atomic E-state index is 5.98. The van der Waals surface area contributed by atoms with Gasteiger partial charge in [0.15, 0.2) is 0 Å². The highest BCUT2D eigenvalue weighted by Gasteiger charge is 2.14. The van der Waals surface area contributed by atoms with E-state index < -0.39 is 0 Å². The third kappa shape index (κ3) is 4.66. The normalized spacial score (nSPS) is 12.6. The summed E-state index contributed by atoms with van der Waals surface area (Å²) < 4.78 is 0. The molecule has 2 rings (SSSR count). The molecule has 1 aromatic carbocycles. The number of pyridine rings is 1. The molecule has 0 aliphatic carbocycles. The van der Waals surface area contributed by atoms with E-state index in [2.05, 4.69) is 53.2 Å². The van der Waals surface area contributed by atoms with Crippen LogP contribution in [0.25, 0.3) is 0 Å². The zero-order chi connectivity index (χ0) is 15.1. The number of benzene rings is 1. The van der Waals surface area contributed by atoms with Crippen molar-refractivity contribution in [3.63, 3.8) is 0 Å². The lowest BCUT2D eigenvalue weighted by Gasteiger charge is -2.26. The van der Waals surface area contributed by atoms with Gasteiger partial charge in [-0.05, 0) is 31.2 Å². The Morgan fingerprint density at radius 2 is 1.86 bits per heavy atom. The van der Waals surface area contributed by atoms with Gasteiger partial charge in [0.05, 0.1) is 5.69 Å². The quantitative estimate of drug-likeness (QED) is 0.849. The third-order valence-electron chi connectivity index (χ3n) is 3.81. The van der Waals surface area contributed by atoms with E-state index >= 15 is 0 Å². The van der Waals surface area contributed by atoms with Crippen LogP contribution in [0.2, 0.25) is 0 Å². The molecule has 112 valence electrons. The van der Waals surface area contributed by atoms with E-state index in [1.165, 1.54) is 5.56 Å². The first-order chi connectivity index (χ1) is 10.2. The number of hydrogen-bond acceptors (Lipinski definition) is 3. The molecule has 2 aromatic rings. The largest absolute Gasteiger partial charge is 0.330 e. The molecular formula is C18H25N3. The first-order valence-corrected chi connectivity index (χ1v) is 7.62. The molecule has 1 heterocycles. The fourth-order valence-corrected chi connectivity index (χ4v) is 2.58. The van der Waals surface area contributed by atoms with E-state index in [4.69, 9.17) is 5.73 Å². The van der Waals surface area contributed by atoms with Crippen molar-refractivity contribution in [3.8, 4) is 0 Å². The molecule has 0 spiro atoms. The number of aromatic nitrogens is 1. The van der Waals surface area contributed by atoms with E-state index in [1.807, 2.05) is 19.1 Å². The average molecular weight is 283 g/mol. The van der Waals surface area contributed by atoms with E-state index in [9.17, 15) is 0 Å². The molecule has 21 heavy (non-hydrogen) atoms. The minimum absolute atomic E-state index is 0.371. The SMILES string of the molecule is CCN(Cc1cccc(C)n1)CC(CN)c1ccccc1. The Balaban J connectivity index is 2.04. The summed E-state index contributed by atoms with van der Waals surface area (Å²) in [6.45, 7) is 7.73. The Kier molecular flexibility index (Phi) is 5.90. The molecule has 0 aliphatic rings. The molecule has 0 amide bonds. The molecule has 1 atom stereocenters. The van der Waals surface area contributed by atoms with E-state index in [-0.39, 0.29) is 0 Å². The van der Waals surface area contributed by atoms with Crippen LogP contribution in [0.15, 0.2) is 48.5 Å². The Morgan fingerprint density at radius 1 is 1.10 bits per heavy atom. The second-order valence-electron chi connectivity index (χ2n) is 5.44. The summed E-state index contributed by atoms with van der Waals surface area (Å²) >= 11 is 0. The lowest BCUT2D eigenvalue weighted by Crippen LogP contribution is -2.31. The van der Waals surface area contributed by atoms with Gasteiger partial charge in [0, 0.05) is 31.2 Å². The van der Waals surface area contributed by atoms with Crippen LogP contribution in [0, 0.1) is 6.92 Å². The Hall–Kier alpha value is -1.71. The maximum atomic E-state index is 5.98. The maximum Gasteiger partial charge on any atom is 0.0547 e. The van der Waals surface area contributed by atoms with Crippen LogP contribution in [-0.4, -0.2) is 29.5 Å². The van der Waals surface area contributed by atoms with Gasteiger partial charge in [-0.15, -0.1) is 0 Å². The van der Waals surface area contributed by atoms with Crippen LogP contribution in [0.4, 0.5) is 0 Å². The minimum atomic E-state index is 0.371. The van der Waals surface area contributed by atoms with Gasteiger partial charge in [-0.1, -0.05) is 43.3 Å². The molecule has 3 heteroatoms. The first kappa shape index (κ1) is 15.7. The number of aryl methyl sites for hydroxylation is 1. The zero-order valence-electron chi connectivity index (χ0n) is 13.0. The fraction of sp³-hybridized carbons (Fsp3) is 0.389. The summed E-state index contributed by atoms with van der Waals surface area (Å²) in [4.78, 5) is 7.00. The van der Waals surface area contributed by atoms with Crippen LogP contribution in [-0.2, 0) is 6.54 Å². The molecule has 1 unspecified atom stereocenters. The van der Waals surface area contributed by atoms with Gasteiger partial charge in [-0.2, -0.15) is 0 Å². The van der Waals surface area contributed by atoms with Gasteiger partial charge in [0.2, 0.25) is 0 Å². The molecule has 0 radical (unpaired) electrons. The summed E-state index contributed by atoms with van der Waals surface area (Å²) in [6.07, 6.45) is 0. The topological polar surface area (TPSA) is 42.2 Å². The van der Waals surface area contributed by atoms with Gasteiger partial charge in [-0.3, -0.25) is 9.88 Å². The van der Waals surface area contributed by atoms with Crippen molar-refractivity contribution in [1.82, 2.24) is 9.88 Å². The van der Waals surface area contributed by atoms with E-state index in [0.717, 1.165) is 31.0 Å². The van der Waals surface area contributed by atoms with Gasteiger partial charge in [0.1, 0.15) is 0 Å². The summed E-state index contributed by atoms with van der Waals surface area (Å²) in [6, 6.07) is 16.7. The zero-order valence-corrected chi connectivity index (χ0v) is 13.0. The van der Waals surface area contributed by atoms with Crippen molar-refractivity contribution in [2.24, 2.45) is 5.73 Å². The van der Waals surface area contributed by atoms with Crippen molar-refractivity contribution < 1.29 is 0 Å². The summed E-state index contributed by atoms with van der Waals surface area (Å²) in [7, 11) is 0. The van der Waals surface area contributed by atoms with Crippen LogP contribution < -0.4 is 5.73 Å². The second-order valence-corrected chi connectivity index (χ2v) is 5.44. The van der Waals surface area contributed by atoms with Crippen LogP contribution in [0.5, 0.6) is 0 Å². The fourth-order valence-electron chi connectivity index (χ4n) is 2.58. The van der Waals surface area contributed by atoms with Crippen LogP contribution in [0.1, 0.15) is 29.8 Å². The van der Waals surface area contributed by atoms with Crippen molar-refractivity contribution in [1.29, 1.82) is 0 Å². The Labute approximate surface area is 127 Å². The smallest absolute Gasteiger partial charge is 0.0547 e. The van der Waals surface area contributed by atoms with Crippen molar-refractivity contribution in [3.05, 3.63) is 65.5 Å². The van der Waals surface area contributed by atoms with Crippen molar-refractivity contribution in [2.45, 2.75) is 26.3 Å². The molecule has 3 nitrogen and oxygen atoms in total. The highest BCUT2D eigenvalue weighted by Crippen LogP contribution is 2.17. The highest BCUT2D eigenvalue weighted by molar-refractivity contribution is 5.20. The number of nitrogens with zero attached hydrogens (tertiary/aromatic N) is 2. The second kappa shape index (κ2) is 7.91. The molecule has 0 bridgehead atoms. The molecule has 2 N–H and O–H groups in total.